The maximum absolute atomic E-state index is 12.4. The van der Waals surface area contributed by atoms with Crippen LogP contribution in [0.3, 0.4) is 0 Å². The van der Waals surface area contributed by atoms with Gasteiger partial charge in [-0.05, 0) is 67.5 Å². The van der Waals surface area contributed by atoms with E-state index < -0.39 is 5.91 Å². The second kappa shape index (κ2) is 14.0. The van der Waals surface area contributed by atoms with Gasteiger partial charge in [0.25, 0.3) is 11.8 Å². The van der Waals surface area contributed by atoms with E-state index in [1.54, 1.807) is 48.5 Å². The fourth-order valence-electron chi connectivity index (χ4n) is 2.76. The summed E-state index contributed by atoms with van der Waals surface area (Å²) in [6.45, 7) is 5.41. The van der Waals surface area contributed by atoms with Crippen LogP contribution in [0.1, 0.15) is 66.7 Å². The summed E-state index contributed by atoms with van der Waals surface area (Å²) < 4.78 is 11.2. The van der Waals surface area contributed by atoms with Crippen LogP contribution >= 0.6 is 12.2 Å². The number of carbonyl (C=O) groups excluding carboxylic acids is 2. The van der Waals surface area contributed by atoms with Gasteiger partial charge in [0, 0.05) is 11.1 Å². The van der Waals surface area contributed by atoms with Crippen LogP contribution in [0.15, 0.2) is 48.5 Å². The third-order valence-electron chi connectivity index (χ3n) is 4.47. The summed E-state index contributed by atoms with van der Waals surface area (Å²) in [6, 6.07) is 13.7. The first kappa shape index (κ1) is 25.1. The zero-order chi connectivity index (χ0) is 23.2. The summed E-state index contributed by atoms with van der Waals surface area (Å²) in [5, 5.41) is 2.51. The maximum atomic E-state index is 12.4. The highest BCUT2D eigenvalue weighted by Gasteiger charge is 2.11. The molecule has 3 N–H and O–H groups in total. The monoisotopic (exact) mass is 457 g/mol. The zero-order valence-corrected chi connectivity index (χ0v) is 19.4. The van der Waals surface area contributed by atoms with Gasteiger partial charge in [-0.15, -0.1) is 0 Å². The van der Waals surface area contributed by atoms with E-state index in [0.717, 1.165) is 25.0 Å². The molecule has 0 heterocycles. The second-order valence-corrected chi connectivity index (χ2v) is 7.58. The fourth-order valence-corrected chi connectivity index (χ4v) is 2.90. The van der Waals surface area contributed by atoms with E-state index in [1.165, 1.54) is 12.8 Å². The van der Waals surface area contributed by atoms with Crippen molar-refractivity contribution >= 4 is 29.1 Å². The van der Waals surface area contributed by atoms with Crippen molar-refractivity contribution in [3.63, 3.8) is 0 Å². The summed E-state index contributed by atoms with van der Waals surface area (Å²) in [6.07, 6.45) is 5.43. The van der Waals surface area contributed by atoms with E-state index in [1.807, 2.05) is 6.92 Å². The van der Waals surface area contributed by atoms with Crippen LogP contribution in [-0.2, 0) is 0 Å². The van der Waals surface area contributed by atoms with Crippen LogP contribution in [0, 0.1) is 0 Å². The van der Waals surface area contributed by atoms with Crippen molar-refractivity contribution in [2.24, 2.45) is 0 Å². The van der Waals surface area contributed by atoms with E-state index in [2.05, 4.69) is 23.1 Å². The molecule has 0 spiro atoms. The Balaban J connectivity index is 1.76. The number of benzene rings is 2. The minimum atomic E-state index is -0.404. The van der Waals surface area contributed by atoms with Crippen LogP contribution in [0.4, 0.5) is 0 Å². The second-order valence-electron chi connectivity index (χ2n) is 7.17. The van der Waals surface area contributed by atoms with Gasteiger partial charge in [-0.1, -0.05) is 39.2 Å². The van der Waals surface area contributed by atoms with E-state index in [4.69, 9.17) is 21.7 Å². The zero-order valence-electron chi connectivity index (χ0n) is 18.6. The number of ether oxygens (including phenoxy) is 2. The highest BCUT2D eigenvalue weighted by atomic mass is 32.1. The van der Waals surface area contributed by atoms with Crippen LogP contribution < -0.4 is 25.6 Å². The van der Waals surface area contributed by atoms with Crippen molar-refractivity contribution in [1.82, 2.24) is 16.2 Å². The molecule has 0 fully saturated rings. The lowest BCUT2D eigenvalue weighted by atomic mass is 10.2. The summed E-state index contributed by atoms with van der Waals surface area (Å²) in [5.41, 5.74) is 5.84. The van der Waals surface area contributed by atoms with E-state index in [-0.39, 0.29) is 11.0 Å². The van der Waals surface area contributed by atoms with Crippen molar-refractivity contribution in [3.8, 4) is 11.5 Å². The van der Waals surface area contributed by atoms with Gasteiger partial charge < -0.3 is 9.47 Å². The predicted octanol–water partition coefficient (Wildman–Crippen LogP) is 4.38. The Hall–Kier alpha value is -3.13. The maximum Gasteiger partial charge on any atom is 0.269 e. The lowest BCUT2D eigenvalue weighted by Gasteiger charge is -2.12. The minimum absolute atomic E-state index is 0.0183. The Bertz CT molecular complexity index is 887. The number of carbonyl (C=O) groups is 2. The van der Waals surface area contributed by atoms with Crippen LogP contribution in [-0.4, -0.2) is 30.1 Å². The van der Waals surface area contributed by atoms with Crippen molar-refractivity contribution in [3.05, 3.63) is 59.7 Å². The molecule has 0 saturated heterocycles. The molecule has 0 aliphatic heterocycles. The van der Waals surface area contributed by atoms with Gasteiger partial charge >= 0.3 is 0 Å². The molecule has 172 valence electrons. The minimum Gasteiger partial charge on any atom is -0.494 e. The molecule has 2 aromatic carbocycles. The standard InChI is InChI=1S/C24H31N3O4S/c1-3-5-6-7-16-31-20-13-11-18(12-14-20)23(29)26-27-24(32)25-22(28)19-9-8-10-21(17-19)30-15-4-2/h8-14,17H,3-7,15-16H2,1-2H3,(H,26,29)(H2,25,27,28,32). The number of hydrogen-bond acceptors (Lipinski definition) is 5. The van der Waals surface area contributed by atoms with Crippen molar-refractivity contribution in [2.45, 2.75) is 46.0 Å². The molecule has 2 amide bonds. The molecule has 0 saturated carbocycles. The summed E-state index contributed by atoms with van der Waals surface area (Å²) in [5.74, 6) is 0.546. The highest BCUT2D eigenvalue weighted by Crippen LogP contribution is 2.14. The topological polar surface area (TPSA) is 88.7 Å². The number of unbranched alkanes of at least 4 members (excludes halogenated alkanes) is 3. The molecule has 0 bridgehead atoms. The average Bonchev–Trinajstić information content (AvgIpc) is 2.81. The number of thiocarbonyl (C=S) groups is 1. The number of rotatable bonds is 11. The normalized spacial score (nSPS) is 10.2. The van der Waals surface area contributed by atoms with Crippen LogP contribution in [0.5, 0.6) is 11.5 Å². The Morgan fingerprint density at radius 1 is 0.781 bits per heavy atom. The van der Waals surface area contributed by atoms with Gasteiger partial charge in [0.1, 0.15) is 11.5 Å². The summed E-state index contributed by atoms with van der Waals surface area (Å²) >= 11 is 5.09. The number of hydrogen-bond donors (Lipinski definition) is 3. The molecule has 2 rings (SSSR count). The Morgan fingerprint density at radius 3 is 2.25 bits per heavy atom. The Labute approximate surface area is 194 Å². The molecule has 0 aliphatic rings. The van der Waals surface area contributed by atoms with Gasteiger partial charge in [0.2, 0.25) is 0 Å². The van der Waals surface area contributed by atoms with Crippen LogP contribution in [0.2, 0.25) is 0 Å². The highest BCUT2D eigenvalue weighted by molar-refractivity contribution is 7.80. The molecule has 0 unspecified atom stereocenters. The van der Waals surface area contributed by atoms with Crippen molar-refractivity contribution in [1.29, 1.82) is 0 Å². The first-order valence-electron chi connectivity index (χ1n) is 10.9. The van der Waals surface area contributed by atoms with Gasteiger partial charge in [0.15, 0.2) is 5.11 Å². The van der Waals surface area contributed by atoms with Crippen molar-refractivity contribution in [2.75, 3.05) is 13.2 Å². The Kier molecular flexibility index (Phi) is 11.0. The number of nitrogens with one attached hydrogen (secondary N) is 3. The third kappa shape index (κ3) is 8.93. The van der Waals surface area contributed by atoms with E-state index in [0.29, 0.717) is 30.1 Å². The molecular weight excluding hydrogens is 426 g/mol. The van der Waals surface area contributed by atoms with E-state index >= 15 is 0 Å². The molecule has 0 aromatic heterocycles. The molecular formula is C24H31N3O4S. The van der Waals surface area contributed by atoms with Gasteiger partial charge in [-0.3, -0.25) is 25.8 Å². The smallest absolute Gasteiger partial charge is 0.269 e. The predicted molar refractivity (Wildman–Crippen MR) is 129 cm³/mol. The first-order chi connectivity index (χ1) is 15.5. The SMILES string of the molecule is CCCCCCOc1ccc(C(=O)NNC(=S)NC(=O)c2cccc(OCCC)c2)cc1. The van der Waals surface area contributed by atoms with Crippen molar-refractivity contribution < 1.29 is 19.1 Å². The molecule has 0 atom stereocenters. The summed E-state index contributed by atoms with van der Waals surface area (Å²) in [4.78, 5) is 24.6. The molecule has 0 radical (unpaired) electrons. The Morgan fingerprint density at radius 2 is 1.53 bits per heavy atom. The molecule has 2 aromatic rings. The molecule has 8 heteroatoms. The number of hydrazine groups is 1. The van der Waals surface area contributed by atoms with Gasteiger partial charge in [-0.2, -0.15) is 0 Å². The van der Waals surface area contributed by atoms with Crippen LogP contribution in [0.25, 0.3) is 0 Å². The first-order valence-corrected chi connectivity index (χ1v) is 11.3. The van der Waals surface area contributed by atoms with Gasteiger partial charge in [-0.25, -0.2) is 0 Å². The largest absolute Gasteiger partial charge is 0.494 e. The van der Waals surface area contributed by atoms with Gasteiger partial charge in [0.05, 0.1) is 13.2 Å². The molecule has 0 aliphatic carbocycles. The number of amides is 2. The lowest BCUT2D eigenvalue weighted by Crippen LogP contribution is -2.48. The third-order valence-corrected chi connectivity index (χ3v) is 4.67. The van der Waals surface area contributed by atoms with E-state index in [9.17, 15) is 9.59 Å². The summed E-state index contributed by atoms with van der Waals surface area (Å²) in [7, 11) is 0. The fraction of sp³-hybridized carbons (Fsp3) is 0.375. The molecule has 32 heavy (non-hydrogen) atoms. The average molecular weight is 458 g/mol. The lowest BCUT2D eigenvalue weighted by molar-refractivity contribution is 0.0934. The molecule has 7 nitrogen and oxygen atoms in total. The quantitative estimate of drug-likeness (QED) is 0.264.